The van der Waals surface area contributed by atoms with Crippen LogP contribution in [-0.4, -0.2) is 11.5 Å². The highest BCUT2D eigenvalue weighted by Crippen LogP contribution is 2.33. The van der Waals surface area contributed by atoms with Crippen LogP contribution >= 0.6 is 0 Å². The molecule has 78 valence electrons. The lowest BCUT2D eigenvalue weighted by Crippen LogP contribution is -2.16. The van der Waals surface area contributed by atoms with Gasteiger partial charge in [-0.2, -0.15) is 0 Å². The van der Waals surface area contributed by atoms with Gasteiger partial charge < -0.3 is 4.74 Å². The van der Waals surface area contributed by atoms with E-state index in [2.05, 4.69) is 6.58 Å². The van der Waals surface area contributed by atoms with E-state index in [1.807, 2.05) is 6.07 Å². The van der Waals surface area contributed by atoms with Crippen LogP contribution in [0.2, 0.25) is 0 Å². The van der Waals surface area contributed by atoms with Crippen molar-refractivity contribution in [1.29, 1.82) is 0 Å². The van der Waals surface area contributed by atoms with Crippen molar-refractivity contribution in [3.05, 3.63) is 52.1 Å². The maximum absolute atomic E-state index is 10.8. The third kappa shape index (κ3) is 1.64. The SMILES string of the molecule is C=CC1COCc2c1cccc2[N+](=O)[O-]. The fourth-order valence-corrected chi connectivity index (χ4v) is 1.84. The van der Waals surface area contributed by atoms with Crippen LogP contribution in [0.1, 0.15) is 17.0 Å². The normalized spacial score (nSPS) is 19.3. The van der Waals surface area contributed by atoms with E-state index in [4.69, 9.17) is 4.74 Å². The average Bonchev–Trinajstić information content (AvgIpc) is 2.27. The van der Waals surface area contributed by atoms with Crippen LogP contribution in [0.5, 0.6) is 0 Å². The second kappa shape index (κ2) is 3.82. The molecule has 2 rings (SSSR count). The molecule has 1 aromatic carbocycles. The van der Waals surface area contributed by atoms with Gasteiger partial charge in [0.1, 0.15) is 0 Å². The molecule has 0 fully saturated rings. The van der Waals surface area contributed by atoms with Gasteiger partial charge in [0.25, 0.3) is 5.69 Å². The smallest absolute Gasteiger partial charge is 0.275 e. The molecule has 4 nitrogen and oxygen atoms in total. The molecule has 1 heterocycles. The molecule has 0 aliphatic carbocycles. The van der Waals surface area contributed by atoms with Crippen molar-refractivity contribution in [2.75, 3.05) is 6.61 Å². The van der Waals surface area contributed by atoms with Crippen LogP contribution in [-0.2, 0) is 11.3 Å². The maximum atomic E-state index is 10.8. The molecule has 4 heteroatoms. The molecule has 0 saturated heterocycles. The minimum Gasteiger partial charge on any atom is -0.376 e. The first-order valence-corrected chi connectivity index (χ1v) is 4.70. The first kappa shape index (κ1) is 9.86. The Labute approximate surface area is 87.3 Å². The predicted octanol–water partition coefficient (Wildman–Crippen LogP) is 2.39. The van der Waals surface area contributed by atoms with Crippen LogP contribution in [0.3, 0.4) is 0 Å². The van der Waals surface area contributed by atoms with E-state index in [1.54, 1.807) is 12.1 Å². The van der Waals surface area contributed by atoms with E-state index >= 15 is 0 Å². The van der Waals surface area contributed by atoms with Gasteiger partial charge in [-0.25, -0.2) is 0 Å². The monoisotopic (exact) mass is 205 g/mol. The zero-order chi connectivity index (χ0) is 10.8. The third-order valence-electron chi connectivity index (χ3n) is 2.61. The summed E-state index contributed by atoms with van der Waals surface area (Å²) in [7, 11) is 0. The van der Waals surface area contributed by atoms with Gasteiger partial charge >= 0.3 is 0 Å². The summed E-state index contributed by atoms with van der Waals surface area (Å²) in [5, 5.41) is 10.8. The second-order valence-electron chi connectivity index (χ2n) is 3.46. The van der Waals surface area contributed by atoms with Crippen LogP contribution in [0, 0.1) is 10.1 Å². The molecule has 1 atom stereocenters. The van der Waals surface area contributed by atoms with Crippen LogP contribution < -0.4 is 0 Å². The zero-order valence-electron chi connectivity index (χ0n) is 8.18. The molecule has 0 radical (unpaired) electrons. The Hall–Kier alpha value is -1.68. The summed E-state index contributed by atoms with van der Waals surface area (Å²) in [6.45, 7) is 4.58. The topological polar surface area (TPSA) is 52.4 Å². The van der Waals surface area contributed by atoms with Gasteiger partial charge in [0.15, 0.2) is 0 Å². The van der Waals surface area contributed by atoms with Crippen molar-refractivity contribution < 1.29 is 9.66 Å². The van der Waals surface area contributed by atoms with E-state index in [-0.39, 0.29) is 16.5 Å². The standard InChI is InChI=1S/C11H11NO3/c1-2-8-6-15-7-10-9(8)4-3-5-11(10)12(13)14/h2-5,8H,1,6-7H2. The quantitative estimate of drug-likeness (QED) is 0.423. The Morgan fingerprint density at radius 2 is 2.40 bits per heavy atom. The van der Waals surface area contributed by atoms with Gasteiger partial charge in [-0.1, -0.05) is 18.2 Å². The molecule has 1 aliphatic heterocycles. The fraction of sp³-hybridized carbons (Fsp3) is 0.273. The summed E-state index contributed by atoms with van der Waals surface area (Å²) < 4.78 is 5.31. The maximum Gasteiger partial charge on any atom is 0.275 e. The summed E-state index contributed by atoms with van der Waals surface area (Å²) >= 11 is 0. The molecule has 0 N–H and O–H groups in total. The largest absolute Gasteiger partial charge is 0.376 e. The second-order valence-corrected chi connectivity index (χ2v) is 3.46. The summed E-state index contributed by atoms with van der Waals surface area (Å²) in [6, 6.07) is 5.11. The van der Waals surface area contributed by atoms with Gasteiger partial charge in [0.2, 0.25) is 0 Å². The Balaban J connectivity index is 2.55. The van der Waals surface area contributed by atoms with Gasteiger partial charge in [0.05, 0.1) is 23.7 Å². The minimum absolute atomic E-state index is 0.0636. The van der Waals surface area contributed by atoms with E-state index in [1.165, 1.54) is 6.07 Å². The molecule has 0 spiro atoms. The average molecular weight is 205 g/mol. The molecular formula is C11H11NO3. The third-order valence-corrected chi connectivity index (χ3v) is 2.61. The lowest BCUT2D eigenvalue weighted by Gasteiger charge is -2.22. The van der Waals surface area contributed by atoms with Crippen LogP contribution in [0.15, 0.2) is 30.9 Å². The van der Waals surface area contributed by atoms with E-state index in [0.29, 0.717) is 18.8 Å². The number of ether oxygens (including phenoxy) is 1. The highest BCUT2D eigenvalue weighted by Gasteiger charge is 2.25. The minimum atomic E-state index is -0.367. The lowest BCUT2D eigenvalue weighted by molar-refractivity contribution is -0.386. The summed E-state index contributed by atoms with van der Waals surface area (Å²) in [6.07, 6.45) is 1.77. The van der Waals surface area contributed by atoms with Gasteiger partial charge in [-0.05, 0) is 5.56 Å². The molecule has 0 bridgehead atoms. The number of hydrogen-bond acceptors (Lipinski definition) is 3. The van der Waals surface area contributed by atoms with Crippen LogP contribution in [0.25, 0.3) is 0 Å². The summed E-state index contributed by atoms with van der Waals surface area (Å²) in [5.41, 5.74) is 1.78. The number of rotatable bonds is 2. The van der Waals surface area contributed by atoms with Crippen molar-refractivity contribution >= 4 is 5.69 Å². The van der Waals surface area contributed by atoms with E-state index in [9.17, 15) is 10.1 Å². The molecule has 1 unspecified atom stereocenters. The van der Waals surface area contributed by atoms with Crippen molar-refractivity contribution in [2.45, 2.75) is 12.5 Å². The van der Waals surface area contributed by atoms with E-state index in [0.717, 1.165) is 5.56 Å². The number of hydrogen-bond donors (Lipinski definition) is 0. The fourth-order valence-electron chi connectivity index (χ4n) is 1.84. The molecule has 1 aliphatic rings. The zero-order valence-corrected chi connectivity index (χ0v) is 8.18. The Kier molecular flexibility index (Phi) is 2.51. The summed E-state index contributed by atoms with van der Waals surface area (Å²) in [4.78, 5) is 10.4. The molecule has 0 aromatic heterocycles. The lowest BCUT2D eigenvalue weighted by atomic mass is 9.92. The highest BCUT2D eigenvalue weighted by molar-refractivity contribution is 5.48. The predicted molar refractivity (Wildman–Crippen MR) is 55.7 cm³/mol. The van der Waals surface area contributed by atoms with Gasteiger partial charge in [-0.15, -0.1) is 6.58 Å². The number of nitrogens with zero attached hydrogens (tertiary/aromatic N) is 1. The number of fused-ring (bicyclic) bond motifs is 1. The molecule has 1 aromatic rings. The van der Waals surface area contributed by atoms with Crippen molar-refractivity contribution in [3.63, 3.8) is 0 Å². The Morgan fingerprint density at radius 3 is 3.07 bits per heavy atom. The first-order valence-electron chi connectivity index (χ1n) is 4.70. The molecule has 0 amide bonds. The molecule has 0 saturated carbocycles. The first-order chi connectivity index (χ1) is 7.24. The Bertz CT molecular complexity index is 414. The van der Waals surface area contributed by atoms with E-state index < -0.39 is 0 Å². The highest BCUT2D eigenvalue weighted by atomic mass is 16.6. The van der Waals surface area contributed by atoms with Crippen LogP contribution in [0.4, 0.5) is 5.69 Å². The molecule has 15 heavy (non-hydrogen) atoms. The number of benzene rings is 1. The number of nitro groups is 1. The van der Waals surface area contributed by atoms with Gasteiger partial charge in [0, 0.05) is 12.0 Å². The number of nitro benzene ring substituents is 1. The van der Waals surface area contributed by atoms with Crippen molar-refractivity contribution in [3.8, 4) is 0 Å². The Morgan fingerprint density at radius 1 is 1.60 bits per heavy atom. The van der Waals surface area contributed by atoms with Crippen molar-refractivity contribution in [1.82, 2.24) is 0 Å². The summed E-state index contributed by atoms with van der Waals surface area (Å²) in [5.74, 6) is 0.0636. The molecular weight excluding hydrogens is 194 g/mol. The van der Waals surface area contributed by atoms with Gasteiger partial charge in [-0.3, -0.25) is 10.1 Å². The van der Waals surface area contributed by atoms with Crippen molar-refractivity contribution in [2.24, 2.45) is 0 Å².